The fourth-order valence-electron chi connectivity index (χ4n) is 1.93. The number of hydrogen-bond donors (Lipinski definition) is 1. The quantitative estimate of drug-likeness (QED) is 0.740. The Kier molecular flexibility index (Phi) is 6.83. The molecule has 1 rings (SSSR count). The highest BCUT2D eigenvalue weighted by Crippen LogP contribution is 2.25. The summed E-state index contributed by atoms with van der Waals surface area (Å²) in [7, 11) is -2.16. The van der Waals surface area contributed by atoms with Crippen molar-refractivity contribution in [2.24, 2.45) is 0 Å². The van der Waals surface area contributed by atoms with Gasteiger partial charge in [-0.05, 0) is 31.0 Å². The maximum Gasteiger partial charge on any atom is 0.265 e. The van der Waals surface area contributed by atoms with Gasteiger partial charge in [-0.1, -0.05) is 19.4 Å². The minimum Gasteiger partial charge on any atom is -0.497 e. The molecule has 0 spiro atoms. The zero-order valence-electron chi connectivity index (χ0n) is 13.4. The van der Waals surface area contributed by atoms with Crippen LogP contribution in [0, 0.1) is 0 Å². The second kappa shape index (κ2) is 8.14. The number of benzene rings is 1. The molecule has 1 N–H and O–H groups in total. The second-order valence-electron chi connectivity index (χ2n) is 5.02. The topological polar surface area (TPSA) is 81.7 Å². The van der Waals surface area contributed by atoms with Gasteiger partial charge < -0.3 is 9.47 Å². The molecule has 0 saturated carbocycles. The van der Waals surface area contributed by atoms with Crippen LogP contribution in [0.25, 0.3) is 0 Å². The number of sulfonamides is 1. The van der Waals surface area contributed by atoms with E-state index in [0.29, 0.717) is 17.9 Å². The summed E-state index contributed by atoms with van der Waals surface area (Å²) in [5, 5.41) is 0. The van der Waals surface area contributed by atoms with E-state index < -0.39 is 15.9 Å². The van der Waals surface area contributed by atoms with E-state index in [0.717, 1.165) is 19.1 Å². The van der Waals surface area contributed by atoms with Crippen molar-refractivity contribution in [3.8, 4) is 5.75 Å². The first kappa shape index (κ1) is 18.4. The second-order valence-corrected chi connectivity index (χ2v) is 6.77. The zero-order valence-corrected chi connectivity index (χ0v) is 14.2. The fourth-order valence-corrected chi connectivity index (χ4v) is 2.38. The van der Waals surface area contributed by atoms with E-state index in [2.05, 4.69) is 6.92 Å². The molecule has 0 fully saturated rings. The van der Waals surface area contributed by atoms with Crippen LogP contribution in [0.3, 0.4) is 0 Å². The van der Waals surface area contributed by atoms with Crippen molar-refractivity contribution in [3.63, 3.8) is 0 Å². The van der Waals surface area contributed by atoms with Crippen LogP contribution in [0.5, 0.6) is 5.75 Å². The van der Waals surface area contributed by atoms with Crippen LogP contribution < -0.4 is 9.46 Å². The van der Waals surface area contributed by atoms with Crippen LogP contribution in [0.15, 0.2) is 18.2 Å². The van der Waals surface area contributed by atoms with Crippen molar-refractivity contribution < 1.29 is 22.7 Å². The molecule has 7 heteroatoms. The van der Waals surface area contributed by atoms with E-state index in [1.165, 1.54) is 13.2 Å². The predicted octanol–water partition coefficient (Wildman–Crippen LogP) is 2.26. The van der Waals surface area contributed by atoms with Gasteiger partial charge in [0.2, 0.25) is 10.0 Å². The van der Waals surface area contributed by atoms with E-state index in [1.807, 2.05) is 11.6 Å². The van der Waals surface area contributed by atoms with E-state index >= 15 is 0 Å². The fraction of sp³-hybridized carbons (Fsp3) is 0.533. The summed E-state index contributed by atoms with van der Waals surface area (Å²) < 4.78 is 35.3. The number of carbonyl (C=O) groups excluding carboxylic acids is 1. The minimum atomic E-state index is -3.64. The first-order valence-electron chi connectivity index (χ1n) is 7.10. The zero-order chi connectivity index (χ0) is 16.8. The Balaban J connectivity index is 3.08. The molecule has 1 atom stereocenters. The van der Waals surface area contributed by atoms with Gasteiger partial charge in [-0.25, -0.2) is 13.1 Å². The van der Waals surface area contributed by atoms with Crippen molar-refractivity contribution in [3.05, 3.63) is 29.3 Å². The molecule has 0 bridgehead atoms. The third-order valence-electron chi connectivity index (χ3n) is 3.09. The van der Waals surface area contributed by atoms with E-state index in [-0.39, 0.29) is 11.7 Å². The Labute approximate surface area is 131 Å². The smallest absolute Gasteiger partial charge is 0.265 e. The summed E-state index contributed by atoms with van der Waals surface area (Å²) in [6, 6.07) is 4.94. The lowest BCUT2D eigenvalue weighted by molar-refractivity contribution is 0.0624. The summed E-state index contributed by atoms with van der Waals surface area (Å²) in [6.45, 7) is 4.47. The van der Waals surface area contributed by atoms with E-state index in [1.54, 1.807) is 12.1 Å². The Morgan fingerprint density at radius 3 is 2.59 bits per heavy atom. The first-order valence-corrected chi connectivity index (χ1v) is 8.99. The Bertz CT molecular complexity index is 612. The number of unbranched alkanes of at least 4 members (excludes halogenated alkanes) is 1. The predicted molar refractivity (Wildman–Crippen MR) is 84.6 cm³/mol. The highest BCUT2D eigenvalue weighted by molar-refractivity contribution is 7.89. The van der Waals surface area contributed by atoms with Gasteiger partial charge in [0, 0.05) is 12.2 Å². The largest absolute Gasteiger partial charge is 0.497 e. The third-order valence-corrected chi connectivity index (χ3v) is 3.64. The van der Waals surface area contributed by atoms with Crippen LogP contribution in [0.1, 0.15) is 48.7 Å². The average Bonchev–Trinajstić information content (AvgIpc) is 2.45. The Morgan fingerprint density at radius 1 is 1.36 bits per heavy atom. The van der Waals surface area contributed by atoms with Gasteiger partial charge in [-0.15, -0.1) is 0 Å². The van der Waals surface area contributed by atoms with Gasteiger partial charge in [0.1, 0.15) is 5.75 Å². The standard InChI is InChI=1S/C15H23NO5S/c1-5-6-9-21-11(2)13-8-7-12(20-3)10-14(13)15(17)16-22(4,18)19/h7-8,10-11H,5-6,9H2,1-4H3,(H,16,17)/t11-/m1/s1. The van der Waals surface area contributed by atoms with Crippen molar-refractivity contribution in [1.29, 1.82) is 0 Å². The normalized spacial score (nSPS) is 12.7. The maximum absolute atomic E-state index is 12.2. The number of methoxy groups -OCH3 is 1. The van der Waals surface area contributed by atoms with Crippen LogP contribution in [0.2, 0.25) is 0 Å². The molecule has 0 aliphatic heterocycles. The van der Waals surface area contributed by atoms with Gasteiger partial charge >= 0.3 is 0 Å². The van der Waals surface area contributed by atoms with Gasteiger partial charge in [0.05, 0.1) is 19.5 Å². The highest BCUT2D eigenvalue weighted by atomic mass is 32.2. The Morgan fingerprint density at radius 2 is 2.05 bits per heavy atom. The monoisotopic (exact) mass is 329 g/mol. The first-order chi connectivity index (χ1) is 10.3. The van der Waals surface area contributed by atoms with Gasteiger partial charge in [-0.3, -0.25) is 4.79 Å². The molecule has 1 aromatic carbocycles. The van der Waals surface area contributed by atoms with Gasteiger partial charge in [0.25, 0.3) is 5.91 Å². The van der Waals surface area contributed by atoms with Gasteiger partial charge in [-0.2, -0.15) is 0 Å². The maximum atomic E-state index is 12.2. The van der Waals surface area contributed by atoms with Crippen LogP contribution in [0.4, 0.5) is 0 Å². The molecule has 1 aromatic rings. The van der Waals surface area contributed by atoms with Crippen molar-refractivity contribution in [1.82, 2.24) is 4.72 Å². The number of rotatable bonds is 8. The summed E-state index contributed by atoms with van der Waals surface area (Å²) in [5.41, 5.74) is 0.854. The summed E-state index contributed by atoms with van der Waals surface area (Å²) >= 11 is 0. The van der Waals surface area contributed by atoms with Gasteiger partial charge in [0.15, 0.2) is 0 Å². The highest BCUT2D eigenvalue weighted by Gasteiger charge is 2.20. The SMILES string of the molecule is CCCCO[C@H](C)c1ccc(OC)cc1C(=O)NS(C)(=O)=O. The number of nitrogens with one attached hydrogen (secondary N) is 1. The Hall–Kier alpha value is -1.60. The van der Waals surface area contributed by atoms with Crippen LogP contribution >= 0.6 is 0 Å². The number of ether oxygens (including phenoxy) is 2. The van der Waals surface area contributed by atoms with Crippen molar-refractivity contribution >= 4 is 15.9 Å². The number of amides is 1. The molecule has 6 nitrogen and oxygen atoms in total. The molecule has 0 radical (unpaired) electrons. The summed E-state index contributed by atoms with van der Waals surface area (Å²) in [4.78, 5) is 12.2. The molecule has 22 heavy (non-hydrogen) atoms. The molecule has 0 saturated heterocycles. The van der Waals surface area contributed by atoms with E-state index in [9.17, 15) is 13.2 Å². The summed E-state index contributed by atoms with van der Waals surface area (Å²) in [5.74, 6) is -0.217. The molecule has 1 amide bonds. The molecule has 0 heterocycles. The lowest BCUT2D eigenvalue weighted by atomic mass is 10.0. The lowest BCUT2D eigenvalue weighted by Gasteiger charge is -2.17. The van der Waals surface area contributed by atoms with Crippen molar-refractivity contribution in [2.45, 2.75) is 32.8 Å². The molecular formula is C15H23NO5S. The number of hydrogen-bond acceptors (Lipinski definition) is 5. The van der Waals surface area contributed by atoms with Crippen LogP contribution in [-0.4, -0.2) is 34.3 Å². The third kappa shape index (κ3) is 5.65. The number of carbonyl (C=O) groups is 1. The average molecular weight is 329 g/mol. The molecule has 124 valence electrons. The molecule has 0 aliphatic rings. The lowest BCUT2D eigenvalue weighted by Crippen LogP contribution is -2.30. The van der Waals surface area contributed by atoms with Crippen LogP contribution in [-0.2, 0) is 14.8 Å². The molecular weight excluding hydrogens is 306 g/mol. The molecule has 0 unspecified atom stereocenters. The van der Waals surface area contributed by atoms with E-state index in [4.69, 9.17) is 9.47 Å². The minimum absolute atomic E-state index is 0.230. The molecule has 0 aliphatic carbocycles. The summed E-state index contributed by atoms with van der Waals surface area (Å²) in [6.07, 6.45) is 2.55. The van der Waals surface area contributed by atoms with Crippen molar-refractivity contribution in [2.75, 3.05) is 20.0 Å². The molecule has 0 aromatic heterocycles.